The van der Waals surface area contributed by atoms with Gasteiger partial charge in [-0.3, -0.25) is 0 Å². The molecule has 1 aromatic carbocycles. The summed E-state index contributed by atoms with van der Waals surface area (Å²) >= 11 is 1.07. The smallest absolute Gasteiger partial charge is 0.141 e. The summed E-state index contributed by atoms with van der Waals surface area (Å²) in [4.78, 5) is 0. The minimum absolute atomic E-state index is 0.0769. The molecule has 0 aliphatic heterocycles. The first-order valence-corrected chi connectivity index (χ1v) is 4.16. The highest BCUT2D eigenvalue weighted by Gasteiger charge is 2.10. The van der Waals surface area contributed by atoms with E-state index in [2.05, 4.69) is 0 Å². The molecule has 0 radical (unpaired) electrons. The Kier molecular flexibility index (Phi) is 1.44. The number of phenols is 1. The molecule has 0 atom stereocenters. The molecule has 12 heavy (non-hydrogen) atoms. The van der Waals surface area contributed by atoms with E-state index in [1.807, 2.05) is 0 Å². The van der Waals surface area contributed by atoms with Gasteiger partial charge in [-0.1, -0.05) is 0 Å². The lowest BCUT2D eigenvalue weighted by molar-refractivity contribution is 0.464. The number of hydrogen-bond acceptors (Lipinski definition) is 3. The van der Waals surface area contributed by atoms with Crippen molar-refractivity contribution >= 4 is 21.4 Å². The summed E-state index contributed by atoms with van der Waals surface area (Å²) in [6.07, 6.45) is 0. The van der Waals surface area contributed by atoms with Gasteiger partial charge in [-0.05, 0) is 12.1 Å². The van der Waals surface area contributed by atoms with Crippen LogP contribution >= 0.6 is 11.3 Å². The second-order valence-corrected chi connectivity index (χ2v) is 3.27. The fourth-order valence-corrected chi connectivity index (χ4v) is 1.94. The van der Waals surface area contributed by atoms with Crippen LogP contribution in [0.5, 0.6) is 11.5 Å². The molecule has 0 amide bonds. The van der Waals surface area contributed by atoms with Crippen LogP contribution in [-0.2, 0) is 0 Å². The highest BCUT2D eigenvalue weighted by molar-refractivity contribution is 7.17. The molecule has 0 aliphatic rings. The van der Waals surface area contributed by atoms with Crippen molar-refractivity contribution in [3.05, 3.63) is 23.3 Å². The Morgan fingerprint density at radius 1 is 1.17 bits per heavy atom. The maximum atomic E-state index is 13.0. The second kappa shape index (κ2) is 2.35. The zero-order chi connectivity index (χ0) is 8.72. The summed E-state index contributed by atoms with van der Waals surface area (Å²) in [5, 5.41) is 20.0. The summed E-state index contributed by atoms with van der Waals surface area (Å²) in [6, 6.07) is 2.40. The van der Waals surface area contributed by atoms with Crippen LogP contribution < -0.4 is 0 Å². The Labute approximate surface area is 71.5 Å². The van der Waals surface area contributed by atoms with E-state index in [1.165, 1.54) is 17.5 Å². The normalized spacial score (nSPS) is 10.8. The van der Waals surface area contributed by atoms with Gasteiger partial charge in [0.15, 0.2) is 0 Å². The summed E-state index contributed by atoms with van der Waals surface area (Å²) in [6.45, 7) is 0. The number of benzene rings is 1. The molecule has 2 N–H and O–H groups in total. The van der Waals surface area contributed by atoms with E-state index in [4.69, 9.17) is 0 Å². The molecule has 2 rings (SSSR count). The first kappa shape index (κ1) is 7.36. The van der Waals surface area contributed by atoms with Crippen molar-refractivity contribution in [1.82, 2.24) is 0 Å². The zero-order valence-corrected chi connectivity index (χ0v) is 6.73. The summed E-state index contributed by atoms with van der Waals surface area (Å²) in [5.41, 5.74) is 0. The standard InChI is InChI=1S/C8H5FO2S/c9-4-1-2-5(10)7-6(11)3-12-8(4)7/h1-3,10-11H. The fourth-order valence-electron chi connectivity index (χ4n) is 1.08. The monoisotopic (exact) mass is 184 g/mol. The molecule has 1 heterocycles. The SMILES string of the molecule is Oc1ccc(F)c2scc(O)c12. The lowest BCUT2D eigenvalue weighted by Crippen LogP contribution is -1.73. The molecule has 0 aliphatic carbocycles. The predicted molar refractivity (Wildman–Crippen MR) is 45.1 cm³/mol. The lowest BCUT2D eigenvalue weighted by Gasteiger charge is -1.95. The summed E-state index contributed by atoms with van der Waals surface area (Å²) in [5.74, 6) is -0.592. The van der Waals surface area contributed by atoms with Crippen LogP contribution in [0.1, 0.15) is 0 Å². The second-order valence-electron chi connectivity index (χ2n) is 2.39. The van der Waals surface area contributed by atoms with Crippen molar-refractivity contribution < 1.29 is 14.6 Å². The average Bonchev–Trinajstić information content (AvgIpc) is 2.42. The van der Waals surface area contributed by atoms with E-state index in [0.29, 0.717) is 0 Å². The molecular weight excluding hydrogens is 179 g/mol. The van der Waals surface area contributed by atoms with Crippen LogP contribution in [0.25, 0.3) is 10.1 Å². The van der Waals surface area contributed by atoms with E-state index in [-0.39, 0.29) is 21.6 Å². The van der Waals surface area contributed by atoms with Crippen molar-refractivity contribution in [3.63, 3.8) is 0 Å². The molecule has 0 saturated carbocycles. The van der Waals surface area contributed by atoms with Gasteiger partial charge in [0.25, 0.3) is 0 Å². The topological polar surface area (TPSA) is 40.5 Å². The highest BCUT2D eigenvalue weighted by atomic mass is 32.1. The average molecular weight is 184 g/mol. The molecule has 2 aromatic rings. The first-order valence-electron chi connectivity index (χ1n) is 3.28. The minimum Gasteiger partial charge on any atom is -0.507 e. The van der Waals surface area contributed by atoms with E-state index >= 15 is 0 Å². The first-order chi connectivity index (χ1) is 5.70. The van der Waals surface area contributed by atoms with E-state index < -0.39 is 5.82 Å². The third kappa shape index (κ3) is 0.848. The Hall–Kier alpha value is -1.29. The Morgan fingerprint density at radius 3 is 2.58 bits per heavy atom. The lowest BCUT2D eigenvalue weighted by atomic mass is 10.2. The number of fused-ring (bicyclic) bond motifs is 1. The molecule has 1 aromatic heterocycles. The maximum Gasteiger partial charge on any atom is 0.141 e. The van der Waals surface area contributed by atoms with Gasteiger partial charge in [-0.25, -0.2) is 4.39 Å². The molecule has 0 unspecified atom stereocenters. The number of aromatic hydroxyl groups is 2. The van der Waals surface area contributed by atoms with Crippen LogP contribution in [0.4, 0.5) is 4.39 Å². The molecule has 2 nitrogen and oxygen atoms in total. The van der Waals surface area contributed by atoms with Crippen molar-refractivity contribution in [3.8, 4) is 11.5 Å². The third-order valence-electron chi connectivity index (χ3n) is 1.63. The third-order valence-corrected chi connectivity index (χ3v) is 2.61. The molecule has 4 heteroatoms. The van der Waals surface area contributed by atoms with E-state index in [1.54, 1.807) is 0 Å². The quantitative estimate of drug-likeness (QED) is 0.660. The summed E-state index contributed by atoms with van der Waals surface area (Å²) < 4.78 is 13.3. The molecule has 62 valence electrons. The van der Waals surface area contributed by atoms with Crippen molar-refractivity contribution in [1.29, 1.82) is 0 Å². The van der Waals surface area contributed by atoms with Crippen molar-refractivity contribution in [2.45, 2.75) is 0 Å². The number of hydrogen-bond donors (Lipinski definition) is 2. The predicted octanol–water partition coefficient (Wildman–Crippen LogP) is 2.45. The number of phenolic OH excluding ortho intramolecular Hbond substituents is 1. The van der Waals surface area contributed by atoms with Gasteiger partial charge in [0.1, 0.15) is 17.3 Å². The number of thiophene rings is 1. The van der Waals surface area contributed by atoms with Crippen LogP contribution in [0.3, 0.4) is 0 Å². The molecule has 0 saturated heterocycles. The highest BCUT2D eigenvalue weighted by Crippen LogP contribution is 2.38. The van der Waals surface area contributed by atoms with Gasteiger partial charge in [-0.15, -0.1) is 11.3 Å². The van der Waals surface area contributed by atoms with Crippen LogP contribution in [-0.4, -0.2) is 10.2 Å². The minimum atomic E-state index is -0.423. The molecule has 0 bridgehead atoms. The maximum absolute atomic E-state index is 13.0. The van der Waals surface area contributed by atoms with Crippen LogP contribution in [0.15, 0.2) is 17.5 Å². The van der Waals surface area contributed by atoms with Gasteiger partial charge in [0.2, 0.25) is 0 Å². The van der Waals surface area contributed by atoms with Crippen molar-refractivity contribution in [2.24, 2.45) is 0 Å². The van der Waals surface area contributed by atoms with Gasteiger partial charge in [0.05, 0.1) is 10.1 Å². The van der Waals surface area contributed by atoms with Gasteiger partial charge < -0.3 is 10.2 Å². The molecule has 0 spiro atoms. The fraction of sp³-hybridized carbons (Fsp3) is 0. The van der Waals surface area contributed by atoms with Gasteiger partial charge >= 0.3 is 0 Å². The number of halogens is 1. The zero-order valence-electron chi connectivity index (χ0n) is 5.91. The Bertz CT molecular complexity index is 436. The number of rotatable bonds is 0. The van der Waals surface area contributed by atoms with Gasteiger partial charge in [-0.2, -0.15) is 0 Å². The van der Waals surface area contributed by atoms with Gasteiger partial charge in [0, 0.05) is 5.38 Å². The van der Waals surface area contributed by atoms with Crippen LogP contribution in [0, 0.1) is 5.82 Å². The Morgan fingerprint density at radius 2 is 1.92 bits per heavy atom. The van der Waals surface area contributed by atoms with Crippen LogP contribution in [0.2, 0.25) is 0 Å². The Balaban J connectivity index is 2.98. The molecule has 0 fully saturated rings. The van der Waals surface area contributed by atoms with Crippen molar-refractivity contribution in [2.75, 3.05) is 0 Å². The van der Waals surface area contributed by atoms with E-state index in [0.717, 1.165) is 11.3 Å². The van der Waals surface area contributed by atoms with E-state index in [9.17, 15) is 14.6 Å². The molecular formula is C8H5FO2S. The summed E-state index contributed by atoms with van der Waals surface area (Å²) in [7, 11) is 0. The largest absolute Gasteiger partial charge is 0.507 e.